The van der Waals surface area contributed by atoms with E-state index in [2.05, 4.69) is 17.2 Å². The molecule has 0 bridgehead atoms. The van der Waals surface area contributed by atoms with Gasteiger partial charge in [-0.1, -0.05) is 0 Å². The Balaban J connectivity index is 1.87. The molecule has 1 fully saturated rings. The summed E-state index contributed by atoms with van der Waals surface area (Å²) in [5.41, 5.74) is 8.55. The number of aromatic nitrogens is 1. The van der Waals surface area contributed by atoms with E-state index in [1.807, 2.05) is 30.5 Å². The lowest BCUT2D eigenvalue weighted by atomic mass is 10.1. The minimum atomic E-state index is 0.297. The van der Waals surface area contributed by atoms with Gasteiger partial charge in [0, 0.05) is 35.6 Å². The normalized spacial score (nSPS) is 20.6. The fraction of sp³-hybridized carbons (Fsp3) is 0.400. The zero-order valence-electron chi connectivity index (χ0n) is 11.1. The number of pyridine rings is 1. The van der Waals surface area contributed by atoms with Gasteiger partial charge >= 0.3 is 0 Å². The van der Waals surface area contributed by atoms with Gasteiger partial charge < -0.3 is 15.8 Å². The van der Waals surface area contributed by atoms with Gasteiger partial charge in [-0.3, -0.25) is 4.98 Å². The number of ether oxygens (including phenoxy) is 1. The first-order valence-corrected chi connectivity index (χ1v) is 6.76. The highest BCUT2D eigenvalue weighted by atomic mass is 16.5. The van der Waals surface area contributed by atoms with Gasteiger partial charge in [-0.25, -0.2) is 0 Å². The van der Waals surface area contributed by atoms with Crippen molar-refractivity contribution in [2.45, 2.75) is 31.9 Å². The van der Waals surface area contributed by atoms with Gasteiger partial charge in [0.25, 0.3) is 0 Å². The maximum atomic E-state index is 5.79. The highest BCUT2D eigenvalue weighted by Gasteiger charge is 2.22. The van der Waals surface area contributed by atoms with Crippen LogP contribution < -0.4 is 11.1 Å². The molecule has 1 aliphatic rings. The fourth-order valence-corrected chi connectivity index (χ4v) is 2.63. The Kier molecular flexibility index (Phi) is 3.25. The molecule has 4 heteroatoms. The van der Waals surface area contributed by atoms with E-state index in [0.717, 1.165) is 41.7 Å². The largest absolute Gasteiger partial charge is 0.399 e. The van der Waals surface area contributed by atoms with Crippen molar-refractivity contribution in [1.29, 1.82) is 0 Å². The van der Waals surface area contributed by atoms with Crippen molar-refractivity contribution in [2.24, 2.45) is 0 Å². The van der Waals surface area contributed by atoms with E-state index in [9.17, 15) is 0 Å². The molecule has 1 aromatic heterocycles. The minimum absolute atomic E-state index is 0.297. The topological polar surface area (TPSA) is 60.2 Å². The van der Waals surface area contributed by atoms with Crippen molar-refractivity contribution in [3.05, 3.63) is 30.5 Å². The van der Waals surface area contributed by atoms with E-state index < -0.39 is 0 Å². The molecule has 0 amide bonds. The molecule has 1 aliphatic heterocycles. The molecule has 19 heavy (non-hydrogen) atoms. The van der Waals surface area contributed by atoms with Crippen LogP contribution in [0, 0.1) is 0 Å². The number of rotatable bonds is 3. The van der Waals surface area contributed by atoms with E-state index in [1.54, 1.807) is 0 Å². The molecule has 2 aromatic rings. The average Bonchev–Trinajstić information content (AvgIpc) is 2.92. The summed E-state index contributed by atoms with van der Waals surface area (Å²) in [4.78, 5) is 4.36. The van der Waals surface area contributed by atoms with E-state index in [4.69, 9.17) is 10.5 Å². The summed E-state index contributed by atoms with van der Waals surface area (Å²) in [6, 6.07) is 8.13. The number of nitrogens with zero attached hydrogens (tertiary/aromatic N) is 1. The second kappa shape index (κ2) is 5.05. The molecular weight excluding hydrogens is 238 g/mol. The Morgan fingerprint density at radius 2 is 2.32 bits per heavy atom. The van der Waals surface area contributed by atoms with Crippen LogP contribution in [-0.2, 0) is 4.74 Å². The molecule has 2 atom stereocenters. The maximum Gasteiger partial charge on any atom is 0.0774 e. The first-order valence-electron chi connectivity index (χ1n) is 6.76. The van der Waals surface area contributed by atoms with Crippen LogP contribution in [-0.4, -0.2) is 23.7 Å². The number of nitrogen functional groups attached to an aromatic ring is 1. The second-order valence-electron chi connectivity index (χ2n) is 5.12. The SMILES string of the molecule is CC(Nc1ccnc2cc(N)ccc12)C1CCCO1. The fourth-order valence-electron chi connectivity index (χ4n) is 2.63. The summed E-state index contributed by atoms with van der Waals surface area (Å²) in [6.45, 7) is 3.05. The Hall–Kier alpha value is -1.81. The highest BCUT2D eigenvalue weighted by Crippen LogP contribution is 2.26. The number of anilines is 2. The molecular formula is C15H19N3O. The molecule has 100 valence electrons. The maximum absolute atomic E-state index is 5.79. The number of benzene rings is 1. The van der Waals surface area contributed by atoms with Crippen LogP contribution in [0.15, 0.2) is 30.5 Å². The third-order valence-corrected chi connectivity index (χ3v) is 3.67. The van der Waals surface area contributed by atoms with Gasteiger partial charge in [-0.15, -0.1) is 0 Å². The Labute approximate surface area is 113 Å². The highest BCUT2D eigenvalue weighted by molar-refractivity contribution is 5.92. The quantitative estimate of drug-likeness (QED) is 0.830. The Bertz CT molecular complexity index is 579. The van der Waals surface area contributed by atoms with E-state index >= 15 is 0 Å². The average molecular weight is 257 g/mol. The number of fused-ring (bicyclic) bond motifs is 1. The molecule has 0 spiro atoms. The van der Waals surface area contributed by atoms with Crippen LogP contribution in [0.4, 0.5) is 11.4 Å². The second-order valence-corrected chi connectivity index (χ2v) is 5.12. The number of hydrogen-bond donors (Lipinski definition) is 2. The first-order chi connectivity index (χ1) is 9.24. The summed E-state index contributed by atoms with van der Waals surface area (Å²) in [5.74, 6) is 0. The molecule has 3 N–H and O–H groups in total. The number of nitrogens with one attached hydrogen (secondary N) is 1. The van der Waals surface area contributed by atoms with Crippen LogP contribution in [0.25, 0.3) is 10.9 Å². The minimum Gasteiger partial charge on any atom is -0.399 e. The summed E-state index contributed by atoms with van der Waals surface area (Å²) < 4.78 is 5.72. The number of hydrogen-bond acceptors (Lipinski definition) is 4. The number of nitrogens with two attached hydrogens (primary N) is 1. The summed E-state index contributed by atoms with van der Waals surface area (Å²) in [5, 5.41) is 4.64. The van der Waals surface area contributed by atoms with Gasteiger partial charge in [0.05, 0.1) is 11.6 Å². The molecule has 1 aromatic carbocycles. The monoisotopic (exact) mass is 257 g/mol. The molecule has 3 rings (SSSR count). The molecule has 2 heterocycles. The van der Waals surface area contributed by atoms with E-state index in [1.165, 1.54) is 0 Å². The smallest absolute Gasteiger partial charge is 0.0774 e. The van der Waals surface area contributed by atoms with Crippen LogP contribution in [0.1, 0.15) is 19.8 Å². The van der Waals surface area contributed by atoms with Crippen molar-refractivity contribution in [3.63, 3.8) is 0 Å². The van der Waals surface area contributed by atoms with Gasteiger partial charge in [0.15, 0.2) is 0 Å². The Morgan fingerprint density at radius 3 is 3.11 bits per heavy atom. The van der Waals surface area contributed by atoms with Crippen molar-refractivity contribution >= 4 is 22.3 Å². The van der Waals surface area contributed by atoms with Gasteiger partial charge in [-0.2, -0.15) is 0 Å². The zero-order valence-corrected chi connectivity index (χ0v) is 11.1. The lowest BCUT2D eigenvalue weighted by molar-refractivity contribution is 0.0997. The molecule has 0 aliphatic carbocycles. The first kappa shape index (κ1) is 12.2. The third kappa shape index (κ3) is 2.49. The standard InChI is InChI=1S/C15H19N3O/c1-10(15-3-2-8-19-15)18-13-6-7-17-14-9-11(16)4-5-12(13)14/h4-7,9-10,15H,2-3,8,16H2,1H3,(H,17,18). The van der Waals surface area contributed by atoms with Crippen LogP contribution in [0.5, 0.6) is 0 Å². The molecule has 0 radical (unpaired) electrons. The van der Waals surface area contributed by atoms with Crippen LogP contribution >= 0.6 is 0 Å². The summed E-state index contributed by atoms with van der Waals surface area (Å²) >= 11 is 0. The van der Waals surface area contributed by atoms with Gasteiger partial charge in [0.1, 0.15) is 0 Å². The zero-order chi connectivity index (χ0) is 13.2. The predicted molar refractivity (Wildman–Crippen MR) is 78.2 cm³/mol. The van der Waals surface area contributed by atoms with E-state index in [-0.39, 0.29) is 0 Å². The predicted octanol–water partition coefficient (Wildman–Crippen LogP) is 2.80. The van der Waals surface area contributed by atoms with Crippen molar-refractivity contribution < 1.29 is 4.74 Å². The lowest BCUT2D eigenvalue weighted by Gasteiger charge is -2.22. The van der Waals surface area contributed by atoms with Gasteiger partial charge in [-0.05, 0) is 44.0 Å². The van der Waals surface area contributed by atoms with Gasteiger partial charge in [0.2, 0.25) is 0 Å². The molecule has 2 unspecified atom stereocenters. The molecule has 1 saturated heterocycles. The van der Waals surface area contributed by atoms with Crippen LogP contribution in [0.2, 0.25) is 0 Å². The summed E-state index contributed by atoms with van der Waals surface area (Å²) in [6.07, 6.45) is 4.40. The Morgan fingerprint density at radius 1 is 1.42 bits per heavy atom. The summed E-state index contributed by atoms with van der Waals surface area (Å²) in [7, 11) is 0. The molecule has 0 saturated carbocycles. The van der Waals surface area contributed by atoms with Crippen molar-refractivity contribution in [3.8, 4) is 0 Å². The lowest BCUT2D eigenvalue weighted by Crippen LogP contribution is -2.30. The van der Waals surface area contributed by atoms with Crippen LogP contribution in [0.3, 0.4) is 0 Å². The molecule has 4 nitrogen and oxygen atoms in total. The third-order valence-electron chi connectivity index (χ3n) is 3.67. The van der Waals surface area contributed by atoms with Crippen molar-refractivity contribution in [1.82, 2.24) is 4.98 Å². The van der Waals surface area contributed by atoms with E-state index in [0.29, 0.717) is 12.1 Å². The van der Waals surface area contributed by atoms with Crippen molar-refractivity contribution in [2.75, 3.05) is 17.7 Å².